The van der Waals surface area contributed by atoms with Crippen LogP contribution in [-0.2, 0) is 4.79 Å². The summed E-state index contributed by atoms with van der Waals surface area (Å²) < 4.78 is 5.42. The summed E-state index contributed by atoms with van der Waals surface area (Å²) in [5.41, 5.74) is 0.785. The van der Waals surface area contributed by atoms with Gasteiger partial charge in [-0.3, -0.25) is 9.69 Å². The number of rotatable bonds is 4. The van der Waals surface area contributed by atoms with E-state index in [0.29, 0.717) is 23.3 Å². The lowest BCUT2D eigenvalue weighted by molar-refractivity contribution is -0.115. The molecule has 3 rings (SSSR count). The molecule has 112 valence electrons. The first-order valence-corrected chi connectivity index (χ1v) is 7.95. The van der Waals surface area contributed by atoms with Crippen molar-refractivity contribution in [3.8, 4) is 5.75 Å². The van der Waals surface area contributed by atoms with E-state index in [-0.39, 0.29) is 5.91 Å². The Hall–Kier alpha value is -2.34. The lowest BCUT2D eigenvalue weighted by Crippen LogP contribution is -2.29. The molecule has 0 aliphatic carbocycles. The zero-order chi connectivity index (χ0) is 15.4. The van der Waals surface area contributed by atoms with Crippen molar-refractivity contribution < 1.29 is 9.53 Å². The van der Waals surface area contributed by atoms with Crippen molar-refractivity contribution in [1.82, 2.24) is 4.98 Å². The Kier molecular flexibility index (Phi) is 4.39. The third kappa shape index (κ3) is 3.12. The van der Waals surface area contributed by atoms with E-state index in [2.05, 4.69) is 9.98 Å². The molecule has 6 heteroatoms. The molecule has 22 heavy (non-hydrogen) atoms. The largest absolute Gasteiger partial charge is 0.494 e. The van der Waals surface area contributed by atoms with Gasteiger partial charge in [0.1, 0.15) is 5.75 Å². The molecule has 0 bridgehead atoms. The SMILES string of the molecule is CCOc1ccc(N2C(=O)CS/C2=N\c2ccccn2)cc1. The summed E-state index contributed by atoms with van der Waals surface area (Å²) in [7, 11) is 0. The number of ether oxygens (including phenoxy) is 1. The molecule has 1 fully saturated rings. The molecule has 0 spiro atoms. The van der Waals surface area contributed by atoms with Crippen LogP contribution in [-0.4, -0.2) is 28.4 Å². The van der Waals surface area contributed by atoms with E-state index < -0.39 is 0 Å². The van der Waals surface area contributed by atoms with Crippen molar-refractivity contribution in [2.45, 2.75) is 6.92 Å². The molecule has 0 atom stereocenters. The summed E-state index contributed by atoms with van der Waals surface area (Å²) in [5.74, 6) is 1.78. The number of hydrogen-bond acceptors (Lipinski definition) is 5. The maximum absolute atomic E-state index is 12.2. The molecule has 0 radical (unpaired) electrons. The number of carbonyl (C=O) groups excluding carboxylic acids is 1. The number of anilines is 1. The predicted octanol–water partition coefficient (Wildman–Crippen LogP) is 3.25. The average molecular weight is 313 g/mol. The fourth-order valence-corrected chi connectivity index (χ4v) is 2.95. The second-order valence-electron chi connectivity index (χ2n) is 4.53. The summed E-state index contributed by atoms with van der Waals surface area (Å²) in [6, 6.07) is 13.0. The minimum absolute atomic E-state index is 0.0174. The topological polar surface area (TPSA) is 54.8 Å². The molecule has 2 heterocycles. The van der Waals surface area contributed by atoms with Gasteiger partial charge in [-0.2, -0.15) is 0 Å². The van der Waals surface area contributed by atoms with Crippen LogP contribution in [0.25, 0.3) is 0 Å². The van der Waals surface area contributed by atoms with Crippen molar-refractivity contribution in [3.05, 3.63) is 48.7 Å². The maximum Gasteiger partial charge on any atom is 0.243 e. The highest BCUT2D eigenvalue weighted by Gasteiger charge is 2.29. The Balaban J connectivity index is 1.89. The molecule has 1 aliphatic rings. The minimum atomic E-state index is 0.0174. The van der Waals surface area contributed by atoms with E-state index in [1.807, 2.05) is 49.4 Å². The minimum Gasteiger partial charge on any atom is -0.494 e. The van der Waals surface area contributed by atoms with E-state index in [4.69, 9.17) is 4.74 Å². The fourth-order valence-electron chi connectivity index (χ4n) is 2.07. The number of thioether (sulfide) groups is 1. The van der Waals surface area contributed by atoms with Crippen LogP contribution in [0.1, 0.15) is 6.92 Å². The van der Waals surface area contributed by atoms with Crippen molar-refractivity contribution in [1.29, 1.82) is 0 Å². The van der Waals surface area contributed by atoms with Crippen LogP contribution in [0.2, 0.25) is 0 Å². The molecule has 1 aromatic carbocycles. The highest BCUT2D eigenvalue weighted by Crippen LogP contribution is 2.29. The molecule has 0 saturated carbocycles. The molecule has 1 amide bonds. The lowest BCUT2D eigenvalue weighted by Gasteiger charge is -2.16. The number of nitrogens with zero attached hydrogens (tertiary/aromatic N) is 3. The second-order valence-corrected chi connectivity index (χ2v) is 5.47. The molecule has 0 unspecified atom stereocenters. The van der Waals surface area contributed by atoms with Gasteiger partial charge >= 0.3 is 0 Å². The Bertz CT molecular complexity index is 686. The monoisotopic (exact) mass is 313 g/mol. The number of benzene rings is 1. The van der Waals surface area contributed by atoms with Crippen LogP contribution in [0.15, 0.2) is 53.7 Å². The smallest absolute Gasteiger partial charge is 0.243 e. The molecular weight excluding hydrogens is 298 g/mol. The number of hydrogen-bond donors (Lipinski definition) is 0. The van der Waals surface area contributed by atoms with E-state index >= 15 is 0 Å². The third-order valence-corrected chi connectivity index (χ3v) is 3.95. The van der Waals surface area contributed by atoms with E-state index in [1.165, 1.54) is 11.8 Å². The van der Waals surface area contributed by atoms with Crippen molar-refractivity contribution in [2.24, 2.45) is 4.99 Å². The van der Waals surface area contributed by atoms with Crippen LogP contribution in [0, 0.1) is 0 Å². The maximum atomic E-state index is 12.2. The van der Waals surface area contributed by atoms with Crippen LogP contribution in [0.3, 0.4) is 0 Å². The number of aliphatic imine (C=N–C) groups is 1. The van der Waals surface area contributed by atoms with Gasteiger partial charge < -0.3 is 4.74 Å². The van der Waals surface area contributed by atoms with Crippen molar-refractivity contribution in [2.75, 3.05) is 17.3 Å². The van der Waals surface area contributed by atoms with E-state index in [1.54, 1.807) is 11.1 Å². The predicted molar refractivity (Wildman–Crippen MR) is 88.9 cm³/mol. The normalized spacial score (nSPS) is 16.3. The quantitative estimate of drug-likeness (QED) is 0.869. The molecule has 1 aliphatic heterocycles. The summed E-state index contributed by atoms with van der Waals surface area (Å²) in [4.78, 5) is 22.4. The first-order valence-electron chi connectivity index (χ1n) is 6.96. The lowest BCUT2D eigenvalue weighted by atomic mass is 10.3. The number of carbonyl (C=O) groups is 1. The van der Waals surface area contributed by atoms with Crippen LogP contribution in [0.4, 0.5) is 11.5 Å². The Morgan fingerprint density at radius 2 is 2.09 bits per heavy atom. The average Bonchev–Trinajstić information content (AvgIpc) is 2.90. The number of pyridine rings is 1. The number of aromatic nitrogens is 1. The van der Waals surface area contributed by atoms with Gasteiger partial charge in [0.25, 0.3) is 0 Å². The zero-order valence-electron chi connectivity index (χ0n) is 12.1. The summed E-state index contributed by atoms with van der Waals surface area (Å²) in [5, 5.41) is 0.646. The van der Waals surface area contributed by atoms with E-state index in [9.17, 15) is 4.79 Å². The van der Waals surface area contributed by atoms with Crippen LogP contribution >= 0.6 is 11.8 Å². The Morgan fingerprint density at radius 1 is 1.27 bits per heavy atom. The number of amides is 1. The highest BCUT2D eigenvalue weighted by atomic mass is 32.2. The zero-order valence-corrected chi connectivity index (χ0v) is 12.9. The first-order chi connectivity index (χ1) is 10.8. The van der Waals surface area contributed by atoms with Gasteiger partial charge in [0.15, 0.2) is 11.0 Å². The Morgan fingerprint density at radius 3 is 2.77 bits per heavy atom. The van der Waals surface area contributed by atoms with Gasteiger partial charge in [-0.25, -0.2) is 9.98 Å². The van der Waals surface area contributed by atoms with Gasteiger partial charge in [0, 0.05) is 6.20 Å². The molecule has 1 saturated heterocycles. The van der Waals surface area contributed by atoms with Crippen molar-refractivity contribution >= 4 is 34.3 Å². The van der Waals surface area contributed by atoms with Gasteiger partial charge in [0.2, 0.25) is 5.91 Å². The Labute approximate surface area is 133 Å². The summed E-state index contributed by atoms with van der Waals surface area (Å²) >= 11 is 1.42. The summed E-state index contributed by atoms with van der Waals surface area (Å²) in [6.45, 7) is 2.55. The molecular formula is C16H15N3O2S. The van der Waals surface area contributed by atoms with Gasteiger partial charge in [-0.05, 0) is 43.3 Å². The van der Waals surface area contributed by atoms with Gasteiger partial charge in [0.05, 0.1) is 18.0 Å². The third-order valence-electron chi connectivity index (χ3n) is 3.03. The highest BCUT2D eigenvalue weighted by molar-refractivity contribution is 8.15. The number of amidine groups is 1. The standard InChI is InChI=1S/C16H15N3O2S/c1-2-21-13-8-6-12(7-9-13)19-15(20)11-22-16(19)18-14-5-3-4-10-17-14/h3-10H,2,11H2,1H3/b18-16-. The molecule has 0 N–H and O–H groups in total. The van der Waals surface area contributed by atoms with Gasteiger partial charge in [-0.1, -0.05) is 17.8 Å². The molecule has 5 nitrogen and oxygen atoms in total. The second kappa shape index (κ2) is 6.62. The van der Waals surface area contributed by atoms with Gasteiger partial charge in [-0.15, -0.1) is 0 Å². The summed E-state index contributed by atoms with van der Waals surface area (Å²) in [6.07, 6.45) is 1.68. The molecule has 1 aromatic heterocycles. The first kappa shape index (κ1) is 14.6. The van der Waals surface area contributed by atoms with Crippen LogP contribution < -0.4 is 9.64 Å². The fraction of sp³-hybridized carbons (Fsp3) is 0.188. The van der Waals surface area contributed by atoms with Crippen LogP contribution in [0.5, 0.6) is 5.75 Å². The molecule has 2 aromatic rings. The van der Waals surface area contributed by atoms with Crippen molar-refractivity contribution in [3.63, 3.8) is 0 Å². The van der Waals surface area contributed by atoms with E-state index in [0.717, 1.165) is 11.4 Å².